The van der Waals surface area contributed by atoms with Gasteiger partial charge in [0.25, 0.3) is 0 Å². The summed E-state index contributed by atoms with van der Waals surface area (Å²) in [4.78, 5) is 8.83. The molecule has 3 heterocycles. The zero-order valence-corrected chi connectivity index (χ0v) is 15.1. The van der Waals surface area contributed by atoms with Gasteiger partial charge < -0.3 is 9.30 Å². The monoisotopic (exact) mass is 351 g/mol. The van der Waals surface area contributed by atoms with Gasteiger partial charge in [0, 0.05) is 51.9 Å². The van der Waals surface area contributed by atoms with Crippen LogP contribution in [0.5, 0.6) is 5.88 Å². The summed E-state index contributed by atoms with van der Waals surface area (Å²) < 4.78 is 7.48. The first-order valence-electron chi connectivity index (χ1n) is 8.21. The normalized spacial score (nSPS) is 11.4. The van der Waals surface area contributed by atoms with Gasteiger partial charge in [0.05, 0.1) is 23.8 Å². The van der Waals surface area contributed by atoms with Crippen molar-refractivity contribution in [2.24, 2.45) is 0 Å². The van der Waals surface area contributed by atoms with Crippen LogP contribution in [0.2, 0.25) is 5.02 Å². The van der Waals surface area contributed by atoms with Gasteiger partial charge in [-0.05, 0) is 38.1 Å². The maximum atomic E-state index is 6.45. The first-order valence-corrected chi connectivity index (χ1v) is 8.59. The Morgan fingerprint density at radius 1 is 1.08 bits per heavy atom. The molecule has 4 nitrogen and oxygen atoms in total. The number of rotatable bonds is 3. The fourth-order valence-electron chi connectivity index (χ4n) is 3.52. The summed E-state index contributed by atoms with van der Waals surface area (Å²) in [5.41, 5.74) is 5.41. The van der Waals surface area contributed by atoms with Crippen molar-refractivity contribution in [1.82, 2.24) is 14.5 Å². The zero-order valence-electron chi connectivity index (χ0n) is 14.4. The van der Waals surface area contributed by atoms with Crippen LogP contribution in [0.25, 0.3) is 32.9 Å². The molecule has 25 heavy (non-hydrogen) atoms. The van der Waals surface area contributed by atoms with Gasteiger partial charge in [-0.3, -0.25) is 4.98 Å². The molecule has 0 unspecified atom stereocenters. The Morgan fingerprint density at radius 2 is 1.92 bits per heavy atom. The van der Waals surface area contributed by atoms with E-state index in [0.29, 0.717) is 10.9 Å². The van der Waals surface area contributed by atoms with Crippen LogP contribution in [0.3, 0.4) is 0 Å². The number of aromatic nitrogens is 3. The average Bonchev–Trinajstić information content (AvgIpc) is 2.96. The molecule has 0 aliphatic heterocycles. The number of methoxy groups -OCH3 is 1. The Morgan fingerprint density at radius 3 is 2.60 bits per heavy atom. The quantitative estimate of drug-likeness (QED) is 0.506. The molecule has 0 atom stereocenters. The molecule has 126 valence electrons. The van der Waals surface area contributed by atoms with Crippen LogP contribution in [0.1, 0.15) is 12.6 Å². The topological polar surface area (TPSA) is 39.9 Å². The van der Waals surface area contributed by atoms with E-state index in [0.717, 1.165) is 39.8 Å². The van der Waals surface area contributed by atoms with Crippen molar-refractivity contribution in [1.29, 1.82) is 0 Å². The zero-order chi connectivity index (χ0) is 17.6. The van der Waals surface area contributed by atoms with E-state index in [1.54, 1.807) is 7.11 Å². The maximum Gasteiger partial charge on any atom is 0.212 e. The number of pyridine rings is 2. The summed E-state index contributed by atoms with van der Waals surface area (Å²) in [5, 5.41) is 3.03. The minimum Gasteiger partial charge on any atom is -0.481 e. The third kappa shape index (κ3) is 2.45. The van der Waals surface area contributed by atoms with E-state index in [9.17, 15) is 0 Å². The van der Waals surface area contributed by atoms with E-state index in [2.05, 4.69) is 27.5 Å². The Bertz CT molecular complexity index is 1080. The standard InChI is InChI=1S/C20H18ClN3O/c1-4-24-19-12(2)22-8-7-15(19)17-10-14(21)9-16(20(17)24)13-5-6-18(25-3)23-11-13/h5-11H,4H2,1-3H3. The summed E-state index contributed by atoms with van der Waals surface area (Å²) in [6.07, 6.45) is 3.68. The molecule has 0 radical (unpaired) electrons. The SMILES string of the molecule is CCn1c2c(-c3ccc(OC)nc3)cc(Cl)cc2c2ccnc(C)c21. The van der Waals surface area contributed by atoms with Crippen LogP contribution < -0.4 is 4.74 Å². The fraction of sp³-hybridized carbons (Fsp3) is 0.200. The van der Waals surface area contributed by atoms with Gasteiger partial charge in [0.1, 0.15) is 0 Å². The molecule has 5 heteroatoms. The summed E-state index contributed by atoms with van der Waals surface area (Å²) in [5.74, 6) is 0.595. The lowest BCUT2D eigenvalue weighted by Crippen LogP contribution is -1.98. The molecule has 0 aliphatic rings. The Labute approximate surface area is 151 Å². The lowest BCUT2D eigenvalue weighted by molar-refractivity contribution is 0.398. The predicted octanol–water partition coefficient (Wildman–Crippen LogP) is 5.24. The summed E-state index contributed by atoms with van der Waals surface area (Å²) >= 11 is 6.45. The Balaban J connectivity index is 2.14. The van der Waals surface area contributed by atoms with Crippen LogP contribution in [0.4, 0.5) is 0 Å². The van der Waals surface area contributed by atoms with Crippen molar-refractivity contribution in [3.05, 3.63) is 53.4 Å². The lowest BCUT2D eigenvalue weighted by Gasteiger charge is -2.10. The van der Waals surface area contributed by atoms with E-state index in [1.165, 1.54) is 5.39 Å². The highest BCUT2D eigenvalue weighted by atomic mass is 35.5. The molecule has 0 N–H and O–H groups in total. The minimum absolute atomic E-state index is 0.595. The van der Waals surface area contributed by atoms with Crippen LogP contribution in [-0.2, 0) is 6.54 Å². The second-order valence-corrected chi connectivity index (χ2v) is 6.41. The molecule has 3 aromatic heterocycles. The van der Waals surface area contributed by atoms with Gasteiger partial charge in [-0.1, -0.05) is 11.6 Å². The maximum absolute atomic E-state index is 6.45. The summed E-state index contributed by atoms with van der Waals surface area (Å²) in [6.45, 7) is 5.05. The molecule has 0 aliphatic carbocycles. The molecule has 0 bridgehead atoms. The largest absolute Gasteiger partial charge is 0.481 e. The first-order chi connectivity index (χ1) is 12.1. The minimum atomic E-state index is 0.595. The van der Waals surface area contributed by atoms with E-state index in [-0.39, 0.29) is 0 Å². The number of fused-ring (bicyclic) bond motifs is 3. The van der Waals surface area contributed by atoms with E-state index in [4.69, 9.17) is 16.3 Å². The Kier molecular flexibility index (Phi) is 3.85. The average molecular weight is 352 g/mol. The van der Waals surface area contributed by atoms with Crippen molar-refractivity contribution in [3.8, 4) is 17.0 Å². The van der Waals surface area contributed by atoms with Crippen LogP contribution in [-0.4, -0.2) is 21.6 Å². The molecule has 4 rings (SSSR count). The molecular weight excluding hydrogens is 334 g/mol. The highest BCUT2D eigenvalue weighted by Gasteiger charge is 2.17. The third-order valence-corrected chi connectivity index (χ3v) is 4.80. The highest BCUT2D eigenvalue weighted by Crippen LogP contribution is 2.38. The number of nitrogens with zero attached hydrogens (tertiary/aromatic N) is 3. The fourth-order valence-corrected chi connectivity index (χ4v) is 3.74. The Hall–Kier alpha value is -2.59. The van der Waals surface area contributed by atoms with Crippen LogP contribution in [0, 0.1) is 6.92 Å². The number of ether oxygens (including phenoxy) is 1. The molecule has 0 spiro atoms. The second kappa shape index (κ2) is 6.05. The van der Waals surface area contributed by atoms with Crippen molar-refractivity contribution < 1.29 is 4.74 Å². The predicted molar refractivity (Wildman–Crippen MR) is 102 cm³/mol. The summed E-state index contributed by atoms with van der Waals surface area (Å²) in [7, 11) is 1.62. The van der Waals surface area contributed by atoms with Gasteiger partial charge >= 0.3 is 0 Å². The number of hydrogen-bond acceptors (Lipinski definition) is 3. The molecular formula is C20H18ClN3O. The van der Waals surface area contributed by atoms with Gasteiger partial charge in [0.15, 0.2) is 0 Å². The van der Waals surface area contributed by atoms with E-state index >= 15 is 0 Å². The van der Waals surface area contributed by atoms with Gasteiger partial charge in [-0.15, -0.1) is 0 Å². The van der Waals surface area contributed by atoms with E-state index in [1.807, 2.05) is 43.6 Å². The first kappa shape index (κ1) is 15.9. The van der Waals surface area contributed by atoms with Crippen molar-refractivity contribution in [2.45, 2.75) is 20.4 Å². The second-order valence-electron chi connectivity index (χ2n) is 5.98. The van der Waals surface area contributed by atoms with Gasteiger partial charge in [-0.25, -0.2) is 4.98 Å². The molecule has 4 aromatic rings. The van der Waals surface area contributed by atoms with Crippen molar-refractivity contribution in [2.75, 3.05) is 7.11 Å². The molecule has 0 amide bonds. The van der Waals surface area contributed by atoms with E-state index < -0.39 is 0 Å². The highest BCUT2D eigenvalue weighted by molar-refractivity contribution is 6.32. The molecule has 0 saturated heterocycles. The summed E-state index contributed by atoms with van der Waals surface area (Å²) in [6, 6.07) is 9.98. The van der Waals surface area contributed by atoms with Gasteiger partial charge in [-0.2, -0.15) is 0 Å². The van der Waals surface area contributed by atoms with Crippen molar-refractivity contribution >= 4 is 33.4 Å². The third-order valence-electron chi connectivity index (χ3n) is 4.58. The number of aryl methyl sites for hydroxylation is 2. The molecule has 0 fully saturated rings. The number of benzene rings is 1. The molecule has 1 aromatic carbocycles. The lowest BCUT2D eigenvalue weighted by atomic mass is 10.0. The number of hydrogen-bond donors (Lipinski definition) is 0. The van der Waals surface area contributed by atoms with Crippen LogP contribution in [0.15, 0.2) is 42.7 Å². The number of halogens is 1. The molecule has 0 saturated carbocycles. The van der Waals surface area contributed by atoms with Crippen molar-refractivity contribution in [3.63, 3.8) is 0 Å². The van der Waals surface area contributed by atoms with Crippen LogP contribution >= 0.6 is 11.6 Å². The van der Waals surface area contributed by atoms with Gasteiger partial charge in [0.2, 0.25) is 5.88 Å². The smallest absolute Gasteiger partial charge is 0.212 e.